The van der Waals surface area contributed by atoms with Gasteiger partial charge in [0.1, 0.15) is 6.07 Å². The van der Waals surface area contributed by atoms with Crippen molar-refractivity contribution in [1.29, 1.82) is 5.26 Å². The Hall–Kier alpha value is -4.64. The highest BCUT2D eigenvalue weighted by molar-refractivity contribution is 6.16. The molecule has 0 spiro atoms. The molecule has 0 saturated heterocycles. The largest absolute Gasteiger partial charge is 0.444 e. The normalized spacial score (nSPS) is 16.4. The molecule has 1 aliphatic rings. The Morgan fingerprint density at radius 3 is 2.11 bits per heavy atom. The first kappa shape index (κ1) is 26.4. The summed E-state index contributed by atoms with van der Waals surface area (Å²) in [6, 6.07) is 23.5. The summed E-state index contributed by atoms with van der Waals surface area (Å²) in [5.41, 5.74) is -0.184. The van der Waals surface area contributed by atoms with Gasteiger partial charge in [-0.05, 0) is 31.0 Å². The van der Waals surface area contributed by atoms with Crippen LogP contribution in [0.25, 0.3) is 5.70 Å². The van der Waals surface area contributed by atoms with Crippen LogP contribution in [0.1, 0.15) is 46.8 Å². The number of carbonyl (C=O) groups is 2. The fourth-order valence-corrected chi connectivity index (χ4v) is 4.49. The van der Waals surface area contributed by atoms with Gasteiger partial charge in [-0.1, -0.05) is 78.9 Å². The maximum Gasteiger partial charge on any atom is 0.416 e. The van der Waals surface area contributed by atoms with Crippen molar-refractivity contribution < 1.29 is 27.5 Å². The number of ether oxygens (including phenoxy) is 1. The van der Waals surface area contributed by atoms with Crippen molar-refractivity contribution in [2.75, 3.05) is 0 Å². The number of rotatable bonds is 6. The zero-order valence-electron chi connectivity index (χ0n) is 20.5. The molecule has 0 amide bonds. The maximum absolute atomic E-state index is 14.3. The number of benzene rings is 3. The highest BCUT2D eigenvalue weighted by Crippen LogP contribution is 2.46. The highest BCUT2D eigenvalue weighted by Gasteiger charge is 2.43. The minimum Gasteiger partial charge on any atom is -0.444 e. The number of nitriles is 1. The standard InChI is InChI=1S/C30H23F3N2O3/c1-18(17-34)38-29(37)24-19(2)35-27(20-11-5-3-6-12-20)26(28(36)21-13-7-4-8-14-21)25(24)22-15-9-10-16-23(22)30(31,32)33/h3-16,18,25,35H,1-2H3. The number of ketones is 1. The summed E-state index contributed by atoms with van der Waals surface area (Å²) in [5, 5.41) is 12.3. The molecule has 38 heavy (non-hydrogen) atoms. The Kier molecular flexibility index (Phi) is 7.49. The van der Waals surface area contributed by atoms with Crippen molar-refractivity contribution in [1.82, 2.24) is 5.32 Å². The van der Waals surface area contributed by atoms with Crippen LogP contribution < -0.4 is 5.32 Å². The molecule has 0 radical (unpaired) electrons. The Morgan fingerprint density at radius 2 is 1.50 bits per heavy atom. The van der Waals surface area contributed by atoms with Crippen LogP contribution in [0.3, 0.4) is 0 Å². The molecule has 1 N–H and O–H groups in total. The average Bonchev–Trinajstić information content (AvgIpc) is 2.92. The summed E-state index contributed by atoms with van der Waals surface area (Å²) in [6.07, 6.45) is -5.92. The van der Waals surface area contributed by atoms with Crippen molar-refractivity contribution in [2.24, 2.45) is 0 Å². The average molecular weight is 517 g/mol. The number of hydrogen-bond donors (Lipinski definition) is 1. The van der Waals surface area contributed by atoms with Crippen LogP contribution in [0, 0.1) is 11.3 Å². The summed E-state index contributed by atoms with van der Waals surface area (Å²) in [7, 11) is 0. The van der Waals surface area contributed by atoms with Crippen LogP contribution in [0.4, 0.5) is 13.2 Å². The molecule has 3 aromatic carbocycles. The predicted octanol–water partition coefficient (Wildman–Crippen LogP) is 6.42. The van der Waals surface area contributed by atoms with E-state index in [-0.39, 0.29) is 33.7 Å². The van der Waals surface area contributed by atoms with Gasteiger partial charge < -0.3 is 10.1 Å². The summed E-state index contributed by atoms with van der Waals surface area (Å²) in [5.74, 6) is -2.98. The summed E-state index contributed by atoms with van der Waals surface area (Å²) in [6.45, 7) is 2.88. The summed E-state index contributed by atoms with van der Waals surface area (Å²) >= 11 is 0. The van der Waals surface area contributed by atoms with Gasteiger partial charge in [0.2, 0.25) is 0 Å². The Bertz CT molecular complexity index is 1470. The molecule has 0 aromatic heterocycles. The number of carbonyl (C=O) groups excluding carboxylic acids is 2. The highest BCUT2D eigenvalue weighted by atomic mass is 19.4. The van der Waals surface area contributed by atoms with E-state index in [0.717, 1.165) is 6.07 Å². The molecule has 5 nitrogen and oxygen atoms in total. The van der Waals surface area contributed by atoms with Crippen molar-refractivity contribution in [3.05, 3.63) is 124 Å². The first-order chi connectivity index (χ1) is 18.1. The topological polar surface area (TPSA) is 79.2 Å². The molecule has 0 saturated carbocycles. The van der Waals surface area contributed by atoms with Gasteiger partial charge >= 0.3 is 12.1 Å². The van der Waals surface area contributed by atoms with Gasteiger partial charge in [-0.3, -0.25) is 4.79 Å². The Morgan fingerprint density at radius 1 is 0.921 bits per heavy atom. The predicted molar refractivity (Wildman–Crippen MR) is 135 cm³/mol. The second-order valence-corrected chi connectivity index (χ2v) is 8.71. The number of dihydropyridines is 1. The monoisotopic (exact) mass is 516 g/mol. The number of Topliss-reactive ketones (excluding diaryl/α,β-unsaturated/α-hetero) is 1. The number of allylic oxidation sites excluding steroid dienone is 2. The van der Waals surface area contributed by atoms with Crippen LogP contribution in [0.5, 0.6) is 0 Å². The number of nitrogens with zero attached hydrogens (tertiary/aromatic N) is 1. The van der Waals surface area contributed by atoms with Gasteiger partial charge in [0, 0.05) is 22.8 Å². The third-order valence-corrected chi connectivity index (χ3v) is 6.17. The molecule has 4 rings (SSSR count). The third kappa shape index (κ3) is 5.23. The molecule has 0 fully saturated rings. The Labute approximate surface area is 217 Å². The molecule has 192 valence electrons. The lowest BCUT2D eigenvalue weighted by Crippen LogP contribution is -2.33. The second-order valence-electron chi connectivity index (χ2n) is 8.71. The van der Waals surface area contributed by atoms with E-state index in [1.165, 1.54) is 32.0 Å². The minimum absolute atomic E-state index is 0.0405. The lowest BCUT2D eigenvalue weighted by atomic mass is 9.75. The quantitative estimate of drug-likeness (QED) is 0.302. The fourth-order valence-electron chi connectivity index (χ4n) is 4.49. The van der Waals surface area contributed by atoms with E-state index in [4.69, 9.17) is 4.74 Å². The van der Waals surface area contributed by atoms with Crippen molar-refractivity contribution >= 4 is 17.4 Å². The van der Waals surface area contributed by atoms with Gasteiger partial charge in [0.25, 0.3) is 0 Å². The van der Waals surface area contributed by atoms with E-state index >= 15 is 0 Å². The van der Waals surface area contributed by atoms with Gasteiger partial charge in [-0.25, -0.2) is 4.79 Å². The van der Waals surface area contributed by atoms with Crippen molar-refractivity contribution in [3.63, 3.8) is 0 Å². The number of halogens is 3. The second kappa shape index (κ2) is 10.8. The van der Waals surface area contributed by atoms with Gasteiger partial charge in [-0.2, -0.15) is 18.4 Å². The zero-order chi connectivity index (χ0) is 27.4. The Balaban J connectivity index is 2.07. The molecule has 3 aromatic rings. The van der Waals surface area contributed by atoms with Crippen LogP contribution >= 0.6 is 0 Å². The van der Waals surface area contributed by atoms with Gasteiger partial charge in [0.05, 0.1) is 16.8 Å². The number of esters is 1. The minimum atomic E-state index is -4.77. The van der Waals surface area contributed by atoms with Crippen molar-refractivity contribution in [2.45, 2.75) is 32.0 Å². The molecule has 8 heteroatoms. The van der Waals surface area contributed by atoms with Crippen LogP contribution in [0.15, 0.2) is 102 Å². The number of nitrogens with one attached hydrogen (secondary N) is 1. The molecule has 0 bridgehead atoms. The van der Waals surface area contributed by atoms with E-state index < -0.39 is 35.5 Å². The van der Waals surface area contributed by atoms with E-state index in [9.17, 15) is 28.0 Å². The SMILES string of the molecule is CC1=C(C(=O)OC(C)C#N)C(c2ccccc2C(F)(F)F)C(C(=O)c2ccccc2)=C(c2ccccc2)N1. The number of alkyl halides is 3. The van der Waals surface area contributed by atoms with E-state index in [1.807, 2.05) is 0 Å². The van der Waals surface area contributed by atoms with E-state index in [2.05, 4.69) is 5.32 Å². The van der Waals surface area contributed by atoms with Gasteiger partial charge in [0.15, 0.2) is 11.9 Å². The molecule has 2 atom stereocenters. The number of hydrogen-bond acceptors (Lipinski definition) is 5. The lowest BCUT2D eigenvalue weighted by molar-refractivity contribution is -0.142. The smallest absolute Gasteiger partial charge is 0.416 e. The maximum atomic E-state index is 14.3. The lowest BCUT2D eigenvalue weighted by Gasteiger charge is -2.33. The van der Waals surface area contributed by atoms with Crippen LogP contribution in [0.2, 0.25) is 0 Å². The zero-order valence-corrected chi connectivity index (χ0v) is 20.5. The van der Waals surface area contributed by atoms with E-state index in [1.54, 1.807) is 66.7 Å². The van der Waals surface area contributed by atoms with E-state index in [0.29, 0.717) is 5.56 Å². The fraction of sp³-hybridized carbons (Fsp3) is 0.167. The molecule has 1 aliphatic heterocycles. The molecular formula is C30H23F3N2O3. The van der Waals surface area contributed by atoms with Gasteiger partial charge in [-0.15, -0.1) is 0 Å². The first-order valence-electron chi connectivity index (χ1n) is 11.8. The van der Waals surface area contributed by atoms with Crippen LogP contribution in [-0.4, -0.2) is 17.9 Å². The van der Waals surface area contributed by atoms with Crippen molar-refractivity contribution in [3.8, 4) is 6.07 Å². The first-order valence-corrected chi connectivity index (χ1v) is 11.8. The van der Waals surface area contributed by atoms with Crippen LogP contribution in [-0.2, 0) is 15.7 Å². The molecular weight excluding hydrogens is 493 g/mol. The summed E-state index contributed by atoms with van der Waals surface area (Å²) < 4.78 is 48.1. The third-order valence-electron chi connectivity index (χ3n) is 6.17. The molecule has 2 unspecified atom stereocenters. The molecule has 0 aliphatic carbocycles. The molecule has 1 heterocycles. The summed E-state index contributed by atoms with van der Waals surface area (Å²) in [4.78, 5) is 27.5.